The van der Waals surface area contributed by atoms with Crippen LogP contribution in [-0.4, -0.2) is 58.4 Å². The van der Waals surface area contributed by atoms with Gasteiger partial charge in [-0.25, -0.2) is 4.98 Å². The number of amides is 2. The topological polar surface area (TPSA) is 147 Å². The number of carbonyl (C=O) groups is 3. The summed E-state index contributed by atoms with van der Waals surface area (Å²) in [7, 11) is 0. The maximum absolute atomic E-state index is 12.8. The quantitative estimate of drug-likeness (QED) is 0.142. The molecule has 248 valence electrons. The summed E-state index contributed by atoms with van der Waals surface area (Å²) in [5.74, 6) is -0.655. The Kier molecular flexibility index (Phi) is 12.7. The zero-order valence-corrected chi connectivity index (χ0v) is 26.7. The molecule has 3 aromatic rings. The highest BCUT2D eigenvalue weighted by Gasteiger charge is 2.29. The van der Waals surface area contributed by atoms with Crippen molar-refractivity contribution >= 4 is 46.7 Å². The van der Waals surface area contributed by atoms with E-state index in [0.717, 1.165) is 5.56 Å². The van der Waals surface area contributed by atoms with Gasteiger partial charge in [0.1, 0.15) is 17.5 Å². The SMILES string of the molecule is CC(C)CCC(=O)C(=O)NCC(C)(C)CNC(=O)c1ccc(Nc2cc(NCc3ccc(Cl)cc3)nc(OCC(F)(F)F)n2)nc1. The molecule has 0 aliphatic rings. The first-order chi connectivity index (χ1) is 21.6. The van der Waals surface area contributed by atoms with E-state index in [1.54, 1.807) is 24.3 Å². The fraction of sp³-hybridized carbons (Fsp3) is 0.419. The van der Waals surface area contributed by atoms with E-state index < -0.39 is 41.8 Å². The fourth-order valence-electron chi connectivity index (χ4n) is 3.75. The third kappa shape index (κ3) is 12.9. The number of pyridine rings is 1. The van der Waals surface area contributed by atoms with Crippen LogP contribution in [0.4, 0.5) is 30.6 Å². The first kappa shape index (κ1) is 36.0. The van der Waals surface area contributed by atoms with Crippen LogP contribution in [0.3, 0.4) is 0 Å². The lowest BCUT2D eigenvalue weighted by atomic mass is 9.93. The van der Waals surface area contributed by atoms with Gasteiger partial charge in [0.25, 0.3) is 11.8 Å². The van der Waals surface area contributed by atoms with Crippen LogP contribution in [0, 0.1) is 11.3 Å². The number of Topliss-reactive ketones (excluding diaryl/α,β-unsaturated/α-hetero) is 1. The summed E-state index contributed by atoms with van der Waals surface area (Å²) in [5, 5.41) is 11.9. The lowest BCUT2D eigenvalue weighted by Crippen LogP contribution is -2.43. The number of halogens is 4. The molecule has 15 heteroatoms. The van der Waals surface area contributed by atoms with E-state index in [2.05, 4.69) is 36.2 Å². The molecule has 11 nitrogen and oxygen atoms in total. The maximum atomic E-state index is 12.8. The molecule has 3 rings (SSSR count). The molecule has 2 heterocycles. The van der Waals surface area contributed by atoms with Gasteiger partial charge in [0, 0.05) is 43.3 Å². The van der Waals surface area contributed by atoms with Crippen molar-refractivity contribution in [1.29, 1.82) is 0 Å². The minimum absolute atomic E-state index is 0.0990. The van der Waals surface area contributed by atoms with Gasteiger partial charge in [-0.3, -0.25) is 14.4 Å². The summed E-state index contributed by atoms with van der Waals surface area (Å²) in [4.78, 5) is 49.1. The molecule has 0 unspecified atom stereocenters. The average Bonchev–Trinajstić information content (AvgIpc) is 3.00. The molecule has 0 saturated carbocycles. The first-order valence-corrected chi connectivity index (χ1v) is 14.9. The number of hydrogen-bond acceptors (Lipinski definition) is 9. The van der Waals surface area contributed by atoms with E-state index >= 15 is 0 Å². The second-order valence-corrected chi connectivity index (χ2v) is 12.2. The monoisotopic (exact) mass is 663 g/mol. The lowest BCUT2D eigenvalue weighted by Gasteiger charge is -2.25. The van der Waals surface area contributed by atoms with Gasteiger partial charge in [0.15, 0.2) is 6.61 Å². The number of nitrogens with zero attached hydrogens (tertiary/aromatic N) is 3. The van der Waals surface area contributed by atoms with Gasteiger partial charge in [0.05, 0.1) is 5.56 Å². The molecule has 4 N–H and O–H groups in total. The number of nitrogens with one attached hydrogen (secondary N) is 4. The molecule has 0 aliphatic heterocycles. The van der Waals surface area contributed by atoms with Gasteiger partial charge in [-0.1, -0.05) is 51.4 Å². The Bertz CT molecular complexity index is 1480. The van der Waals surface area contributed by atoms with Gasteiger partial charge < -0.3 is 26.0 Å². The zero-order chi connectivity index (χ0) is 33.9. The third-order valence-corrected chi connectivity index (χ3v) is 6.65. The fourth-order valence-corrected chi connectivity index (χ4v) is 3.88. The molecule has 1 aromatic carbocycles. The molecular weight excluding hydrogens is 627 g/mol. The highest BCUT2D eigenvalue weighted by atomic mass is 35.5. The first-order valence-electron chi connectivity index (χ1n) is 14.5. The maximum Gasteiger partial charge on any atom is 0.422 e. The van der Waals surface area contributed by atoms with Crippen molar-refractivity contribution in [2.24, 2.45) is 11.3 Å². The number of hydrogen-bond donors (Lipinski definition) is 4. The Labute approximate surface area is 270 Å². The van der Waals surface area contributed by atoms with Gasteiger partial charge in [-0.15, -0.1) is 0 Å². The summed E-state index contributed by atoms with van der Waals surface area (Å²) >= 11 is 5.92. The van der Waals surface area contributed by atoms with Crippen LogP contribution in [0.1, 0.15) is 56.5 Å². The van der Waals surface area contributed by atoms with Crippen LogP contribution >= 0.6 is 11.6 Å². The van der Waals surface area contributed by atoms with Crippen LogP contribution in [0.15, 0.2) is 48.7 Å². The smallest absolute Gasteiger partial charge is 0.422 e. The number of rotatable bonds is 16. The molecule has 0 bridgehead atoms. The van der Waals surface area contributed by atoms with E-state index in [1.807, 2.05) is 27.7 Å². The Hall–Kier alpha value is -4.46. The van der Waals surface area contributed by atoms with Crippen molar-refractivity contribution < 1.29 is 32.3 Å². The van der Waals surface area contributed by atoms with Crippen molar-refractivity contribution in [3.05, 3.63) is 64.8 Å². The number of ether oxygens (including phenoxy) is 1. The standard InChI is InChI=1S/C31H37ClF3N7O4/c1-19(2)5-11-23(43)28(45)39-17-30(3,4)16-38-27(44)21-8-12-24(37-15-21)40-26-13-25(36-14-20-6-9-22(32)10-7-20)41-29(42-26)46-18-31(33,34)35/h6-10,12-13,15,19H,5,11,14,16-18H2,1-4H3,(H,38,44)(H,39,45)(H2,36,37,40,41,42). The van der Waals surface area contributed by atoms with E-state index in [1.165, 1.54) is 24.4 Å². The molecule has 46 heavy (non-hydrogen) atoms. The van der Waals surface area contributed by atoms with Crippen molar-refractivity contribution in [3.8, 4) is 6.01 Å². The number of benzene rings is 1. The molecule has 2 amide bonds. The highest BCUT2D eigenvalue weighted by molar-refractivity contribution is 6.36. The average molecular weight is 664 g/mol. The summed E-state index contributed by atoms with van der Waals surface area (Å²) in [5.41, 5.74) is 0.555. The van der Waals surface area contributed by atoms with Gasteiger partial charge in [0.2, 0.25) is 5.78 Å². The third-order valence-electron chi connectivity index (χ3n) is 6.40. The molecular formula is C31H37ClF3N7O4. The second kappa shape index (κ2) is 16.2. The minimum Gasteiger partial charge on any atom is -0.454 e. The zero-order valence-electron chi connectivity index (χ0n) is 25.9. The normalized spacial score (nSPS) is 11.6. The highest BCUT2D eigenvalue weighted by Crippen LogP contribution is 2.23. The van der Waals surface area contributed by atoms with Crippen LogP contribution in [0.25, 0.3) is 0 Å². The van der Waals surface area contributed by atoms with Crippen LogP contribution in [0.5, 0.6) is 6.01 Å². The molecule has 0 aliphatic carbocycles. The number of ketones is 1. The number of carbonyl (C=O) groups excluding carboxylic acids is 3. The number of alkyl halides is 3. The van der Waals surface area contributed by atoms with Gasteiger partial charge in [-0.2, -0.15) is 23.1 Å². The van der Waals surface area contributed by atoms with Crippen molar-refractivity contribution in [2.75, 3.05) is 30.3 Å². The van der Waals surface area contributed by atoms with Crippen molar-refractivity contribution in [2.45, 2.75) is 53.3 Å². The molecule has 0 saturated heterocycles. The van der Waals surface area contributed by atoms with Gasteiger partial charge in [-0.05, 0) is 47.6 Å². The van der Waals surface area contributed by atoms with Crippen LogP contribution in [0.2, 0.25) is 5.02 Å². The summed E-state index contributed by atoms with van der Waals surface area (Å²) in [6.07, 6.45) is -2.45. The predicted molar refractivity (Wildman–Crippen MR) is 168 cm³/mol. The summed E-state index contributed by atoms with van der Waals surface area (Å²) in [6, 6.07) is 11.0. The Morgan fingerprint density at radius 2 is 1.61 bits per heavy atom. The minimum atomic E-state index is -4.59. The predicted octanol–water partition coefficient (Wildman–Crippen LogP) is 5.70. The molecule has 0 spiro atoms. The molecule has 2 aromatic heterocycles. The molecule has 0 radical (unpaired) electrons. The Morgan fingerprint density at radius 3 is 2.24 bits per heavy atom. The van der Waals surface area contributed by atoms with E-state index in [4.69, 9.17) is 16.3 Å². The number of aromatic nitrogens is 3. The molecule has 0 atom stereocenters. The van der Waals surface area contributed by atoms with Gasteiger partial charge >= 0.3 is 12.2 Å². The van der Waals surface area contributed by atoms with Crippen molar-refractivity contribution in [1.82, 2.24) is 25.6 Å². The number of anilines is 3. The largest absolute Gasteiger partial charge is 0.454 e. The summed E-state index contributed by atoms with van der Waals surface area (Å²) in [6.45, 7) is 6.75. The Morgan fingerprint density at radius 1 is 0.935 bits per heavy atom. The van der Waals surface area contributed by atoms with E-state index in [0.29, 0.717) is 23.9 Å². The summed E-state index contributed by atoms with van der Waals surface area (Å²) < 4.78 is 43.1. The second-order valence-electron chi connectivity index (χ2n) is 11.7. The van der Waals surface area contributed by atoms with Crippen LogP contribution in [-0.2, 0) is 16.1 Å². The Balaban J connectivity index is 1.59. The molecule has 0 fully saturated rings. The van der Waals surface area contributed by atoms with Crippen molar-refractivity contribution in [3.63, 3.8) is 0 Å². The lowest BCUT2D eigenvalue weighted by molar-refractivity contribution is -0.154. The van der Waals surface area contributed by atoms with E-state index in [-0.39, 0.29) is 42.5 Å². The van der Waals surface area contributed by atoms with E-state index in [9.17, 15) is 27.6 Å². The van der Waals surface area contributed by atoms with Crippen LogP contribution < -0.4 is 26.0 Å².